The minimum absolute atomic E-state index is 0.0678. The van der Waals surface area contributed by atoms with Crippen LogP contribution >= 0.6 is 0 Å². The number of hydrogen-bond acceptors (Lipinski definition) is 4. The third-order valence-corrected chi connectivity index (χ3v) is 5.16. The van der Waals surface area contributed by atoms with Crippen LogP contribution in [0.15, 0.2) is 12.1 Å². The number of aryl methyl sites for hydroxylation is 2. The van der Waals surface area contributed by atoms with Gasteiger partial charge in [-0.05, 0) is 61.8 Å². The van der Waals surface area contributed by atoms with Crippen molar-refractivity contribution in [2.24, 2.45) is 0 Å². The minimum atomic E-state index is -0.955. The Kier molecular flexibility index (Phi) is 6.50. The molecule has 158 valence electrons. The van der Waals surface area contributed by atoms with E-state index in [1.54, 1.807) is 13.8 Å². The molecule has 0 bridgehead atoms. The Labute approximate surface area is 172 Å². The van der Waals surface area contributed by atoms with Crippen LogP contribution in [-0.2, 0) is 26.2 Å². The van der Waals surface area contributed by atoms with Gasteiger partial charge in [0.1, 0.15) is 6.54 Å². The molecule has 0 spiro atoms. The van der Waals surface area contributed by atoms with Crippen molar-refractivity contribution in [3.05, 3.63) is 34.4 Å². The second-order valence-electron chi connectivity index (χ2n) is 8.88. The first kappa shape index (κ1) is 22.6. The second kappa shape index (κ2) is 8.35. The van der Waals surface area contributed by atoms with Crippen molar-refractivity contribution in [3.63, 3.8) is 0 Å². The van der Waals surface area contributed by atoms with Gasteiger partial charge in [-0.2, -0.15) is 0 Å². The average molecular weight is 402 g/mol. The van der Waals surface area contributed by atoms with Gasteiger partial charge in [0.15, 0.2) is 0 Å². The predicted octanol–water partition coefficient (Wildman–Crippen LogP) is 2.46. The normalized spacial score (nSPS) is 15.0. The summed E-state index contributed by atoms with van der Waals surface area (Å²) in [4.78, 5) is 49.9. The molecule has 0 saturated carbocycles. The van der Waals surface area contributed by atoms with Gasteiger partial charge < -0.3 is 5.32 Å². The first-order chi connectivity index (χ1) is 13.3. The van der Waals surface area contributed by atoms with E-state index in [2.05, 4.69) is 52.1 Å². The Bertz CT molecular complexity index is 829. The summed E-state index contributed by atoms with van der Waals surface area (Å²) in [5, 5.41) is 2.74. The van der Waals surface area contributed by atoms with Crippen LogP contribution in [0.3, 0.4) is 0 Å². The fraction of sp³-hybridized carbons (Fsp3) is 0.545. The van der Waals surface area contributed by atoms with E-state index < -0.39 is 36.3 Å². The highest BCUT2D eigenvalue weighted by Crippen LogP contribution is 2.27. The van der Waals surface area contributed by atoms with Crippen molar-refractivity contribution in [2.45, 2.75) is 66.3 Å². The molecule has 1 aromatic carbocycles. The highest BCUT2D eigenvalue weighted by molar-refractivity contribution is 6.45. The monoisotopic (exact) mass is 401 g/mol. The predicted molar refractivity (Wildman–Crippen MR) is 110 cm³/mol. The molecule has 0 atom stereocenters. The summed E-state index contributed by atoms with van der Waals surface area (Å²) in [5.41, 5.74) is 4.86. The van der Waals surface area contributed by atoms with E-state index >= 15 is 0 Å². The van der Waals surface area contributed by atoms with Crippen LogP contribution in [0.2, 0.25) is 0 Å². The molecule has 1 aromatic rings. The molecule has 1 aliphatic rings. The van der Waals surface area contributed by atoms with Crippen molar-refractivity contribution in [2.75, 3.05) is 13.1 Å². The van der Waals surface area contributed by atoms with Gasteiger partial charge in [0.05, 0.1) is 0 Å². The lowest BCUT2D eigenvalue weighted by Gasteiger charge is -2.22. The largest absolute Gasteiger partial charge is 0.354 e. The maximum atomic E-state index is 12.2. The number of carbonyl (C=O) groups excluding carboxylic acids is 4. The molecule has 29 heavy (non-hydrogen) atoms. The van der Waals surface area contributed by atoms with Gasteiger partial charge in [-0.25, -0.2) is 9.69 Å². The van der Waals surface area contributed by atoms with Crippen molar-refractivity contribution in [1.82, 2.24) is 15.1 Å². The summed E-state index contributed by atoms with van der Waals surface area (Å²) in [7, 11) is 0. The summed E-state index contributed by atoms with van der Waals surface area (Å²) >= 11 is 0. The van der Waals surface area contributed by atoms with Gasteiger partial charge in [0.25, 0.3) is 0 Å². The number of rotatable bonds is 6. The molecule has 0 radical (unpaired) electrons. The first-order valence-electron chi connectivity index (χ1n) is 9.91. The average Bonchev–Trinajstić information content (AvgIpc) is 2.79. The molecule has 1 heterocycles. The van der Waals surface area contributed by atoms with Gasteiger partial charge in [0.2, 0.25) is 5.91 Å². The fourth-order valence-electron chi connectivity index (χ4n) is 3.46. The molecule has 0 aliphatic carbocycles. The minimum Gasteiger partial charge on any atom is -0.354 e. The van der Waals surface area contributed by atoms with Crippen LogP contribution in [0.1, 0.15) is 56.9 Å². The number of benzene rings is 1. The van der Waals surface area contributed by atoms with E-state index in [4.69, 9.17) is 0 Å². The van der Waals surface area contributed by atoms with Gasteiger partial charge in [0, 0.05) is 12.6 Å². The number of carbonyl (C=O) groups is 4. The van der Waals surface area contributed by atoms with Crippen LogP contribution in [-0.4, -0.2) is 52.7 Å². The summed E-state index contributed by atoms with van der Waals surface area (Å²) in [5.74, 6) is -2.31. The standard InChI is InChI=1S/C22H31N3O4/c1-13(2)25-20(28)19(27)24(21(25)29)12-18(26)23-9-8-17-14(3)10-16(11-15(17)4)22(5,6)7/h10-11,13H,8-9,12H2,1-7H3,(H,23,26). The van der Waals surface area contributed by atoms with Crippen molar-refractivity contribution < 1.29 is 19.2 Å². The molecule has 0 aromatic heterocycles. The quantitative estimate of drug-likeness (QED) is 0.586. The number of nitrogens with one attached hydrogen (secondary N) is 1. The summed E-state index contributed by atoms with van der Waals surface area (Å²) in [6, 6.07) is 3.18. The van der Waals surface area contributed by atoms with Gasteiger partial charge in [-0.15, -0.1) is 0 Å². The second-order valence-corrected chi connectivity index (χ2v) is 8.88. The Hall–Kier alpha value is -2.70. The van der Waals surface area contributed by atoms with E-state index in [-0.39, 0.29) is 5.41 Å². The molecule has 1 N–H and O–H groups in total. The molecule has 1 aliphatic heterocycles. The lowest BCUT2D eigenvalue weighted by Crippen LogP contribution is -2.43. The SMILES string of the molecule is Cc1cc(C(C)(C)C)cc(C)c1CCNC(=O)CN1C(=O)C(=O)N(C(C)C)C1=O. The molecule has 7 heteroatoms. The third-order valence-electron chi connectivity index (χ3n) is 5.16. The topological polar surface area (TPSA) is 86.8 Å². The molecule has 5 amide bonds. The zero-order valence-corrected chi connectivity index (χ0v) is 18.4. The van der Waals surface area contributed by atoms with Gasteiger partial charge in [-0.1, -0.05) is 32.9 Å². The van der Waals surface area contributed by atoms with Crippen molar-refractivity contribution in [1.29, 1.82) is 0 Å². The zero-order chi connectivity index (χ0) is 22.1. The molecule has 2 rings (SSSR count). The van der Waals surface area contributed by atoms with Crippen molar-refractivity contribution >= 4 is 23.8 Å². The highest BCUT2D eigenvalue weighted by atomic mass is 16.2. The summed E-state index contributed by atoms with van der Waals surface area (Å²) in [6.07, 6.45) is 0.646. The molecular weight excluding hydrogens is 370 g/mol. The maximum Gasteiger partial charge on any atom is 0.334 e. The fourth-order valence-corrected chi connectivity index (χ4v) is 3.46. The highest BCUT2D eigenvalue weighted by Gasteiger charge is 2.46. The first-order valence-corrected chi connectivity index (χ1v) is 9.91. The van der Waals surface area contributed by atoms with E-state index in [0.29, 0.717) is 17.9 Å². The number of nitrogens with zero attached hydrogens (tertiary/aromatic N) is 2. The molecule has 1 fully saturated rings. The van der Waals surface area contributed by atoms with Crippen LogP contribution in [0.25, 0.3) is 0 Å². The lowest BCUT2D eigenvalue weighted by atomic mass is 9.83. The van der Waals surface area contributed by atoms with Crippen LogP contribution in [0, 0.1) is 13.8 Å². The van der Waals surface area contributed by atoms with Gasteiger partial charge >= 0.3 is 17.8 Å². The van der Waals surface area contributed by atoms with E-state index in [1.807, 2.05) is 0 Å². The number of urea groups is 1. The molecule has 1 saturated heterocycles. The number of imide groups is 2. The number of amides is 5. The smallest absolute Gasteiger partial charge is 0.334 e. The van der Waals surface area contributed by atoms with Gasteiger partial charge in [-0.3, -0.25) is 19.3 Å². The van der Waals surface area contributed by atoms with Crippen LogP contribution < -0.4 is 5.32 Å². The molecule has 0 unspecified atom stereocenters. The molecular formula is C22H31N3O4. The van der Waals surface area contributed by atoms with E-state index in [1.165, 1.54) is 22.3 Å². The summed E-state index contributed by atoms with van der Waals surface area (Å²) < 4.78 is 0. The Morgan fingerprint density at radius 2 is 1.59 bits per heavy atom. The van der Waals surface area contributed by atoms with E-state index in [9.17, 15) is 19.2 Å². The van der Waals surface area contributed by atoms with Crippen LogP contribution in [0.5, 0.6) is 0 Å². The van der Waals surface area contributed by atoms with E-state index in [0.717, 1.165) is 4.90 Å². The van der Waals surface area contributed by atoms with Crippen molar-refractivity contribution in [3.8, 4) is 0 Å². The number of hydrogen-bond donors (Lipinski definition) is 1. The Morgan fingerprint density at radius 1 is 1.03 bits per heavy atom. The maximum absolute atomic E-state index is 12.2. The zero-order valence-electron chi connectivity index (χ0n) is 18.4. The molecule has 7 nitrogen and oxygen atoms in total. The Morgan fingerprint density at radius 3 is 2.03 bits per heavy atom. The third kappa shape index (κ3) is 4.83. The lowest BCUT2D eigenvalue weighted by molar-refractivity contribution is -0.144. The summed E-state index contributed by atoms with van der Waals surface area (Å²) in [6.45, 7) is 13.9. The Balaban J connectivity index is 1.97. The van der Waals surface area contributed by atoms with Crippen LogP contribution in [0.4, 0.5) is 4.79 Å².